The topological polar surface area (TPSA) is 58.6 Å². The van der Waals surface area contributed by atoms with Gasteiger partial charge < -0.3 is 15.0 Å². The Balaban J connectivity index is 1.92. The lowest BCUT2D eigenvalue weighted by Crippen LogP contribution is -2.55. The molecule has 5 nitrogen and oxygen atoms in total. The third-order valence-corrected chi connectivity index (χ3v) is 5.92. The highest BCUT2D eigenvalue weighted by molar-refractivity contribution is 9.10. The van der Waals surface area contributed by atoms with Crippen molar-refractivity contribution in [1.82, 2.24) is 10.2 Å². The normalized spacial score (nSPS) is 12.0. The van der Waals surface area contributed by atoms with E-state index in [1.54, 1.807) is 4.90 Å². The number of ether oxygens (including phenoxy) is 1. The maximum atomic E-state index is 13.6. The largest absolute Gasteiger partial charge is 0.484 e. The smallest absolute Gasteiger partial charge is 0.261 e. The standard InChI is InChI=1S/C29H33BrN2O3/c1-21-9-8-12-25(17-21)35-20-27(33)32(19-23-13-15-24(30)16-14-23)26(28(34)31-29(2,3)4)18-22-10-6-5-7-11-22/h5-17,26H,18-20H2,1-4H3,(H,31,34)/t26-/m1/s1. The summed E-state index contributed by atoms with van der Waals surface area (Å²) in [5, 5.41) is 3.07. The van der Waals surface area contributed by atoms with E-state index in [0.29, 0.717) is 18.7 Å². The van der Waals surface area contributed by atoms with E-state index in [1.165, 1.54) is 0 Å². The van der Waals surface area contributed by atoms with Gasteiger partial charge in [0.15, 0.2) is 6.61 Å². The fourth-order valence-electron chi connectivity index (χ4n) is 3.73. The van der Waals surface area contributed by atoms with Crippen LogP contribution >= 0.6 is 15.9 Å². The molecule has 3 aromatic carbocycles. The zero-order valence-electron chi connectivity index (χ0n) is 20.8. The van der Waals surface area contributed by atoms with Crippen LogP contribution in [0.15, 0.2) is 83.3 Å². The van der Waals surface area contributed by atoms with Crippen LogP contribution in [0, 0.1) is 6.92 Å². The number of hydrogen-bond donors (Lipinski definition) is 1. The van der Waals surface area contributed by atoms with E-state index in [2.05, 4.69) is 21.2 Å². The number of aryl methyl sites for hydroxylation is 1. The number of hydrogen-bond acceptors (Lipinski definition) is 3. The van der Waals surface area contributed by atoms with Gasteiger partial charge in [-0.15, -0.1) is 0 Å². The maximum Gasteiger partial charge on any atom is 0.261 e. The van der Waals surface area contributed by atoms with Gasteiger partial charge in [0.1, 0.15) is 11.8 Å². The highest BCUT2D eigenvalue weighted by Crippen LogP contribution is 2.19. The molecule has 3 rings (SSSR count). The average Bonchev–Trinajstić information content (AvgIpc) is 2.80. The molecule has 0 radical (unpaired) electrons. The van der Waals surface area contributed by atoms with E-state index < -0.39 is 11.6 Å². The molecule has 1 N–H and O–H groups in total. The molecular weight excluding hydrogens is 504 g/mol. The molecule has 3 aromatic rings. The van der Waals surface area contributed by atoms with Crippen LogP contribution in [-0.2, 0) is 22.6 Å². The number of rotatable bonds is 9. The summed E-state index contributed by atoms with van der Waals surface area (Å²) in [6.45, 7) is 7.91. The predicted molar refractivity (Wildman–Crippen MR) is 143 cm³/mol. The summed E-state index contributed by atoms with van der Waals surface area (Å²) in [4.78, 5) is 28.7. The van der Waals surface area contributed by atoms with Gasteiger partial charge in [0, 0.05) is 23.0 Å². The molecule has 2 amide bonds. The Morgan fingerprint density at radius 2 is 1.63 bits per heavy atom. The van der Waals surface area contributed by atoms with Crippen molar-refractivity contribution >= 4 is 27.7 Å². The van der Waals surface area contributed by atoms with Gasteiger partial charge in [-0.25, -0.2) is 0 Å². The molecule has 0 fully saturated rings. The summed E-state index contributed by atoms with van der Waals surface area (Å²) in [6, 6.07) is 24.4. The molecular formula is C29H33BrN2O3. The summed E-state index contributed by atoms with van der Waals surface area (Å²) in [6.07, 6.45) is 0.398. The van der Waals surface area contributed by atoms with Crippen LogP contribution in [0.4, 0.5) is 0 Å². The van der Waals surface area contributed by atoms with Gasteiger partial charge in [-0.05, 0) is 68.7 Å². The molecule has 0 spiro atoms. The molecule has 0 aromatic heterocycles. The molecule has 0 saturated carbocycles. The van der Waals surface area contributed by atoms with Crippen LogP contribution in [0.1, 0.15) is 37.5 Å². The molecule has 35 heavy (non-hydrogen) atoms. The fourth-order valence-corrected chi connectivity index (χ4v) is 3.99. The quantitative estimate of drug-likeness (QED) is 0.382. The number of nitrogens with one attached hydrogen (secondary N) is 1. The zero-order chi connectivity index (χ0) is 25.4. The Labute approximate surface area is 216 Å². The molecule has 0 aliphatic heterocycles. The summed E-state index contributed by atoms with van der Waals surface area (Å²) >= 11 is 3.46. The first-order valence-electron chi connectivity index (χ1n) is 11.7. The van der Waals surface area contributed by atoms with Gasteiger partial charge in [-0.2, -0.15) is 0 Å². The monoisotopic (exact) mass is 536 g/mol. The van der Waals surface area contributed by atoms with Crippen molar-refractivity contribution in [1.29, 1.82) is 0 Å². The SMILES string of the molecule is Cc1cccc(OCC(=O)N(Cc2ccc(Br)cc2)[C@H](Cc2ccccc2)C(=O)NC(C)(C)C)c1. The summed E-state index contributed by atoms with van der Waals surface area (Å²) in [5.41, 5.74) is 2.53. The van der Waals surface area contributed by atoms with Gasteiger partial charge in [-0.1, -0.05) is 70.5 Å². The van der Waals surface area contributed by atoms with Crippen LogP contribution < -0.4 is 10.1 Å². The van der Waals surface area contributed by atoms with Gasteiger partial charge in [0.05, 0.1) is 0 Å². The van der Waals surface area contributed by atoms with Gasteiger partial charge in [-0.3, -0.25) is 9.59 Å². The van der Waals surface area contributed by atoms with Crippen molar-refractivity contribution < 1.29 is 14.3 Å². The Morgan fingerprint density at radius 3 is 2.26 bits per heavy atom. The highest BCUT2D eigenvalue weighted by Gasteiger charge is 2.32. The molecule has 0 bridgehead atoms. The third kappa shape index (κ3) is 8.55. The van der Waals surface area contributed by atoms with Crippen molar-refractivity contribution in [2.24, 2.45) is 0 Å². The molecule has 0 saturated heterocycles. The van der Waals surface area contributed by atoms with Crippen LogP contribution in [0.5, 0.6) is 5.75 Å². The van der Waals surface area contributed by atoms with Crippen molar-refractivity contribution in [2.45, 2.75) is 52.2 Å². The lowest BCUT2D eigenvalue weighted by molar-refractivity contribution is -0.143. The number of nitrogens with zero attached hydrogens (tertiary/aromatic N) is 1. The van der Waals surface area contributed by atoms with E-state index >= 15 is 0 Å². The second-order valence-electron chi connectivity index (χ2n) is 9.70. The van der Waals surface area contributed by atoms with Crippen LogP contribution in [0.25, 0.3) is 0 Å². The first-order chi connectivity index (χ1) is 16.6. The lowest BCUT2D eigenvalue weighted by atomic mass is 10.0. The van der Waals surface area contributed by atoms with E-state index in [-0.39, 0.29) is 18.4 Å². The molecule has 0 aliphatic carbocycles. The van der Waals surface area contributed by atoms with Crippen molar-refractivity contribution in [3.8, 4) is 5.75 Å². The zero-order valence-corrected chi connectivity index (χ0v) is 22.3. The number of carbonyl (C=O) groups is 2. The molecule has 0 unspecified atom stereocenters. The van der Waals surface area contributed by atoms with E-state index in [0.717, 1.165) is 21.2 Å². The fraction of sp³-hybridized carbons (Fsp3) is 0.310. The second-order valence-corrected chi connectivity index (χ2v) is 10.6. The average molecular weight is 537 g/mol. The summed E-state index contributed by atoms with van der Waals surface area (Å²) in [7, 11) is 0. The van der Waals surface area contributed by atoms with Gasteiger partial charge >= 0.3 is 0 Å². The Morgan fingerprint density at radius 1 is 0.943 bits per heavy atom. The van der Waals surface area contributed by atoms with E-state index in [9.17, 15) is 9.59 Å². The van der Waals surface area contributed by atoms with Gasteiger partial charge in [0.2, 0.25) is 5.91 Å². The number of halogens is 1. The molecule has 1 atom stereocenters. The van der Waals surface area contributed by atoms with E-state index in [4.69, 9.17) is 4.74 Å². The lowest BCUT2D eigenvalue weighted by Gasteiger charge is -2.33. The minimum Gasteiger partial charge on any atom is -0.484 e. The third-order valence-electron chi connectivity index (χ3n) is 5.39. The van der Waals surface area contributed by atoms with Crippen LogP contribution in [-0.4, -0.2) is 34.9 Å². The van der Waals surface area contributed by atoms with E-state index in [1.807, 2.05) is 107 Å². The van der Waals surface area contributed by atoms with Crippen LogP contribution in [0.2, 0.25) is 0 Å². The van der Waals surface area contributed by atoms with Crippen LogP contribution in [0.3, 0.4) is 0 Å². The van der Waals surface area contributed by atoms with Crippen molar-refractivity contribution in [3.63, 3.8) is 0 Å². The Kier molecular flexibility index (Phi) is 9.10. The second kappa shape index (κ2) is 12.0. The molecule has 0 aliphatic rings. The molecule has 0 heterocycles. The first kappa shape index (κ1) is 26.5. The Bertz CT molecular complexity index is 1120. The molecule has 6 heteroatoms. The number of carbonyl (C=O) groups excluding carboxylic acids is 2. The minimum atomic E-state index is -0.700. The van der Waals surface area contributed by atoms with Crippen molar-refractivity contribution in [2.75, 3.05) is 6.61 Å². The van der Waals surface area contributed by atoms with Crippen molar-refractivity contribution in [3.05, 3.63) is 100 Å². The first-order valence-corrected chi connectivity index (χ1v) is 12.5. The number of benzene rings is 3. The molecule has 184 valence electrons. The summed E-state index contributed by atoms with van der Waals surface area (Å²) in [5.74, 6) is 0.183. The maximum absolute atomic E-state index is 13.6. The Hall–Kier alpha value is -3.12. The predicted octanol–water partition coefficient (Wildman–Crippen LogP) is 5.69. The summed E-state index contributed by atoms with van der Waals surface area (Å²) < 4.78 is 6.79. The minimum absolute atomic E-state index is 0.159. The number of amides is 2. The highest BCUT2D eigenvalue weighted by atomic mass is 79.9. The van der Waals surface area contributed by atoms with Gasteiger partial charge in [0.25, 0.3) is 5.91 Å².